The molecule has 0 saturated heterocycles. The lowest BCUT2D eigenvalue weighted by molar-refractivity contribution is -0.121. The van der Waals surface area contributed by atoms with Crippen LogP contribution in [0.25, 0.3) is 0 Å². The Morgan fingerprint density at radius 1 is 1.35 bits per heavy atom. The van der Waals surface area contributed by atoms with Crippen molar-refractivity contribution >= 4 is 11.9 Å². The summed E-state index contributed by atoms with van der Waals surface area (Å²) in [7, 11) is 0. The molecule has 0 aliphatic carbocycles. The van der Waals surface area contributed by atoms with E-state index in [4.69, 9.17) is 5.73 Å². The molecule has 0 saturated carbocycles. The number of hydrogen-bond acceptors (Lipinski definition) is 2. The Balaban J connectivity index is 2.22. The fourth-order valence-corrected chi connectivity index (χ4v) is 1.57. The molecule has 0 aliphatic rings. The molecular weight excluding hydrogens is 252 g/mol. The molecule has 4 N–H and O–H groups in total. The van der Waals surface area contributed by atoms with Crippen LogP contribution >= 0.6 is 0 Å². The summed E-state index contributed by atoms with van der Waals surface area (Å²) in [4.78, 5) is 15.8. The Morgan fingerprint density at radius 2 is 2.05 bits per heavy atom. The monoisotopic (exact) mass is 276 g/mol. The van der Waals surface area contributed by atoms with Crippen LogP contribution in [0.3, 0.4) is 0 Å². The third-order valence-electron chi connectivity index (χ3n) is 2.95. The van der Waals surface area contributed by atoms with Crippen molar-refractivity contribution in [1.29, 1.82) is 0 Å². The number of amides is 1. The quantitative estimate of drug-likeness (QED) is 0.520. The van der Waals surface area contributed by atoms with Crippen molar-refractivity contribution in [2.24, 2.45) is 10.7 Å². The summed E-state index contributed by atoms with van der Waals surface area (Å²) in [6.07, 6.45) is 1.33. The van der Waals surface area contributed by atoms with Crippen LogP contribution < -0.4 is 16.4 Å². The summed E-state index contributed by atoms with van der Waals surface area (Å²) >= 11 is 0. The first-order valence-electron chi connectivity index (χ1n) is 6.99. The number of carbonyl (C=O) groups excluding carboxylic acids is 1. The minimum atomic E-state index is 0.0303. The number of benzene rings is 1. The van der Waals surface area contributed by atoms with Crippen LogP contribution in [-0.2, 0) is 11.3 Å². The van der Waals surface area contributed by atoms with Gasteiger partial charge in [0.05, 0.1) is 6.54 Å². The summed E-state index contributed by atoms with van der Waals surface area (Å²) in [5.41, 5.74) is 6.85. The van der Waals surface area contributed by atoms with E-state index in [1.165, 1.54) is 0 Å². The van der Waals surface area contributed by atoms with E-state index in [0.29, 0.717) is 25.5 Å². The molecule has 0 aromatic heterocycles. The second-order valence-electron chi connectivity index (χ2n) is 4.74. The van der Waals surface area contributed by atoms with E-state index in [2.05, 4.69) is 15.6 Å². The van der Waals surface area contributed by atoms with Gasteiger partial charge in [-0.05, 0) is 18.9 Å². The van der Waals surface area contributed by atoms with Crippen molar-refractivity contribution in [2.75, 3.05) is 6.54 Å². The Labute approximate surface area is 120 Å². The highest BCUT2D eigenvalue weighted by molar-refractivity contribution is 5.80. The highest BCUT2D eigenvalue weighted by Gasteiger charge is 2.04. The average molecular weight is 276 g/mol. The summed E-state index contributed by atoms with van der Waals surface area (Å²) in [5.74, 6) is 0.396. The second-order valence-corrected chi connectivity index (χ2v) is 4.74. The van der Waals surface area contributed by atoms with E-state index in [1.807, 2.05) is 44.2 Å². The van der Waals surface area contributed by atoms with Crippen LogP contribution in [0.5, 0.6) is 0 Å². The molecule has 0 aliphatic heterocycles. The van der Waals surface area contributed by atoms with Crippen molar-refractivity contribution in [3.63, 3.8) is 0 Å². The molecule has 5 heteroatoms. The van der Waals surface area contributed by atoms with Gasteiger partial charge in [-0.25, -0.2) is 4.99 Å². The molecule has 0 radical (unpaired) electrons. The molecule has 1 aromatic rings. The zero-order valence-electron chi connectivity index (χ0n) is 12.2. The first-order chi connectivity index (χ1) is 9.61. The van der Waals surface area contributed by atoms with Crippen molar-refractivity contribution in [3.8, 4) is 0 Å². The smallest absolute Gasteiger partial charge is 0.221 e. The van der Waals surface area contributed by atoms with Crippen molar-refractivity contribution < 1.29 is 4.79 Å². The molecule has 1 rings (SSSR count). The topological polar surface area (TPSA) is 79.5 Å². The zero-order chi connectivity index (χ0) is 14.8. The number of nitrogens with two attached hydrogens (primary N) is 1. The van der Waals surface area contributed by atoms with Gasteiger partial charge in [0.15, 0.2) is 5.96 Å². The molecule has 5 nitrogen and oxygen atoms in total. The van der Waals surface area contributed by atoms with Crippen molar-refractivity contribution in [1.82, 2.24) is 10.6 Å². The van der Waals surface area contributed by atoms with Crippen LogP contribution in [0.1, 0.15) is 32.3 Å². The number of carbonyl (C=O) groups is 1. The zero-order valence-corrected chi connectivity index (χ0v) is 12.2. The van der Waals surface area contributed by atoms with Gasteiger partial charge in [0.2, 0.25) is 5.91 Å². The standard InChI is InChI=1S/C15H24N4O/c1-3-12(2)19-14(20)9-10-17-15(16)18-11-13-7-5-4-6-8-13/h4-8,12H,3,9-11H2,1-2H3,(H,19,20)(H3,16,17,18). The summed E-state index contributed by atoms with van der Waals surface area (Å²) in [6.45, 7) is 5.06. The van der Waals surface area contributed by atoms with E-state index in [9.17, 15) is 4.79 Å². The highest BCUT2D eigenvalue weighted by Crippen LogP contribution is 1.99. The maximum absolute atomic E-state index is 11.5. The Morgan fingerprint density at radius 3 is 2.70 bits per heavy atom. The fourth-order valence-electron chi connectivity index (χ4n) is 1.57. The first-order valence-corrected chi connectivity index (χ1v) is 6.99. The third kappa shape index (κ3) is 6.78. The predicted octanol–water partition coefficient (Wildman–Crippen LogP) is 1.40. The van der Waals surface area contributed by atoms with Crippen molar-refractivity contribution in [3.05, 3.63) is 35.9 Å². The fraction of sp³-hybridized carbons (Fsp3) is 0.467. The average Bonchev–Trinajstić information content (AvgIpc) is 2.46. The largest absolute Gasteiger partial charge is 0.370 e. The van der Waals surface area contributed by atoms with E-state index in [1.54, 1.807) is 0 Å². The number of hydrogen-bond donors (Lipinski definition) is 3. The minimum absolute atomic E-state index is 0.0303. The molecule has 20 heavy (non-hydrogen) atoms. The van der Waals surface area contributed by atoms with E-state index in [-0.39, 0.29) is 11.9 Å². The van der Waals surface area contributed by atoms with Gasteiger partial charge in [0.1, 0.15) is 0 Å². The Kier molecular flexibility index (Phi) is 7.17. The molecule has 1 aromatic carbocycles. The molecule has 1 atom stereocenters. The lowest BCUT2D eigenvalue weighted by atomic mass is 10.2. The van der Waals surface area contributed by atoms with E-state index in [0.717, 1.165) is 12.0 Å². The lowest BCUT2D eigenvalue weighted by Gasteiger charge is -2.11. The number of aliphatic imine (C=N–C) groups is 1. The Hall–Kier alpha value is -2.04. The summed E-state index contributed by atoms with van der Waals surface area (Å²) in [6, 6.07) is 10.1. The molecule has 1 unspecified atom stereocenters. The predicted molar refractivity (Wildman–Crippen MR) is 82.3 cm³/mol. The summed E-state index contributed by atoms with van der Waals surface area (Å²) in [5, 5.41) is 5.84. The first kappa shape index (κ1) is 16.0. The molecule has 0 heterocycles. The maximum atomic E-state index is 11.5. The van der Waals surface area contributed by atoms with Gasteiger partial charge in [0.25, 0.3) is 0 Å². The van der Waals surface area contributed by atoms with Crippen LogP contribution in [0.2, 0.25) is 0 Å². The minimum Gasteiger partial charge on any atom is -0.370 e. The Bertz CT molecular complexity index is 431. The number of nitrogens with zero attached hydrogens (tertiary/aromatic N) is 1. The molecule has 0 fully saturated rings. The normalized spacial score (nSPS) is 12.8. The highest BCUT2D eigenvalue weighted by atomic mass is 16.1. The number of rotatable bonds is 7. The SMILES string of the molecule is CCC(C)NC(=O)CCNC(N)=NCc1ccccc1. The molecular formula is C15H24N4O. The second kappa shape index (κ2) is 8.96. The lowest BCUT2D eigenvalue weighted by Crippen LogP contribution is -2.37. The van der Waals surface area contributed by atoms with E-state index >= 15 is 0 Å². The number of guanidine groups is 1. The van der Waals surface area contributed by atoms with Crippen LogP contribution in [0.15, 0.2) is 35.3 Å². The molecule has 110 valence electrons. The summed E-state index contributed by atoms with van der Waals surface area (Å²) < 4.78 is 0. The molecule has 0 bridgehead atoms. The molecule has 1 amide bonds. The van der Waals surface area contributed by atoms with Gasteiger partial charge in [-0.15, -0.1) is 0 Å². The third-order valence-corrected chi connectivity index (χ3v) is 2.95. The van der Waals surface area contributed by atoms with Gasteiger partial charge in [-0.1, -0.05) is 37.3 Å². The number of nitrogens with one attached hydrogen (secondary N) is 2. The van der Waals surface area contributed by atoms with E-state index < -0.39 is 0 Å². The van der Waals surface area contributed by atoms with Crippen LogP contribution in [0, 0.1) is 0 Å². The maximum Gasteiger partial charge on any atom is 0.221 e. The van der Waals surface area contributed by atoms with Crippen molar-refractivity contribution in [2.45, 2.75) is 39.3 Å². The van der Waals surface area contributed by atoms with Gasteiger partial charge in [0, 0.05) is 19.0 Å². The van der Waals surface area contributed by atoms with Gasteiger partial charge < -0.3 is 16.4 Å². The van der Waals surface area contributed by atoms with Gasteiger partial charge in [-0.2, -0.15) is 0 Å². The van der Waals surface area contributed by atoms with Gasteiger partial charge in [-0.3, -0.25) is 4.79 Å². The van der Waals surface area contributed by atoms with Gasteiger partial charge >= 0.3 is 0 Å². The molecule has 0 spiro atoms. The van der Waals surface area contributed by atoms with Crippen LogP contribution in [0.4, 0.5) is 0 Å². The van der Waals surface area contributed by atoms with Crippen LogP contribution in [-0.4, -0.2) is 24.5 Å².